The van der Waals surface area contributed by atoms with Gasteiger partial charge in [0.15, 0.2) is 0 Å². The van der Waals surface area contributed by atoms with Gasteiger partial charge in [-0.1, -0.05) is 64.5 Å². The monoisotopic (exact) mass is 411 g/mol. The van der Waals surface area contributed by atoms with Crippen LogP contribution in [0.25, 0.3) is 0 Å². The summed E-state index contributed by atoms with van der Waals surface area (Å²) in [6.07, 6.45) is 6.38. The number of benzene rings is 2. The van der Waals surface area contributed by atoms with E-state index in [0.29, 0.717) is 5.92 Å². The molecule has 1 aliphatic heterocycles. The summed E-state index contributed by atoms with van der Waals surface area (Å²) in [7, 11) is 0. The summed E-state index contributed by atoms with van der Waals surface area (Å²) in [5, 5.41) is 10.3. The van der Waals surface area contributed by atoms with Crippen LogP contribution in [0.4, 0.5) is 0 Å². The van der Waals surface area contributed by atoms with Gasteiger partial charge in [0, 0.05) is 22.5 Å². The van der Waals surface area contributed by atoms with Crippen molar-refractivity contribution in [2.75, 3.05) is 13.2 Å². The third-order valence-corrected chi connectivity index (χ3v) is 7.12. The first-order chi connectivity index (χ1) is 12.7. The average Bonchev–Trinajstić information content (AvgIpc) is 3.03. The van der Waals surface area contributed by atoms with Crippen LogP contribution in [-0.4, -0.2) is 28.7 Å². The summed E-state index contributed by atoms with van der Waals surface area (Å²) in [6, 6.07) is 17.1. The van der Waals surface area contributed by atoms with E-state index in [4.69, 9.17) is 0 Å². The van der Waals surface area contributed by atoms with Gasteiger partial charge in [0.25, 0.3) is 0 Å². The number of rotatable bonds is 5. The molecule has 3 atom stereocenters. The second kappa shape index (κ2) is 7.30. The predicted molar refractivity (Wildman–Crippen MR) is 110 cm³/mol. The fraction of sp³-hybridized carbons (Fsp3) is 0.391. The minimum atomic E-state index is 0.0435. The molecule has 1 aliphatic carbocycles. The molecule has 4 rings (SSSR count). The van der Waals surface area contributed by atoms with Gasteiger partial charge in [-0.15, -0.1) is 6.58 Å². The first-order valence-electron chi connectivity index (χ1n) is 9.52. The van der Waals surface area contributed by atoms with Crippen molar-refractivity contribution in [1.82, 2.24) is 4.90 Å². The zero-order chi connectivity index (χ0) is 18.1. The van der Waals surface area contributed by atoms with E-state index in [0.717, 1.165) is 32.2 Å². The predicted octanol–water partition coefficient (Wildman–Crippen LogP) is 5.23. The second-order valence-electron chi connectivity index (χ2n) is 7.55. The van der Waals surface area contributed by atoms with E-state index in [1.165, 1.54) is 21.2 Å². The molecule has 1 saturated heterocycles. The Morgan fingerprint density at radius 1 is 1.23 bits per heavy atom. The molecular formula is C23H26BrNO. The first-order valence-corrected chi connectivity index (χ1v) is 10.3. The Balaban J connectivity index is 1.79. The Bertz CT molecular complexity index is 790. The van der Waals surface area contributed by atoms with Crippen molar-refractivity contribution in [2.24, 2.45) is 0 Å². The van der Waals surface area contributed by atoms with Gasteiger partial charge in [-0.25, -0.2) is 0 Å². The van der Waals surface area contributed by atoms with Crippen LogP contribution in [-0.2, 0) is 6.42 Å². The van der Waals surface area contributed by atoms with Gasteiger partial charge in [-0.05, 0) is 48.4 Å². The van der Waals surface area contributed by atoms with Crippen LogP contribution in [0.5, 0.6) is 0 Å². The Labute approximate surface area is 164 Å². The van der Waals surface area contributed by atoms with E-state index in [-0.39, 0.29) is 18.2 Å². The lowest BCUT2D eigenvalue weighted by Gasteiger charge is -2.49. The number of nitrogens with zero attached hydrogens (tertiary/aromatic N) is 1. The Kier molecular flexibility index (Phi) is 5.05. The molecular weight excluding hydrogens is 386 g/mol. The lowest BCUT2D eigenvalue weighted by Crippen LogP contribution is -2.51. The van der Waals surface area contributed by atoms with E-state index in [2.05, 4.69) is 75.9 Å². The van der Waals surface area contributed by atoms with Crippen molar-refractivity contribution in [3.63, 3.8) is 0 Å². The normalized spacial score (nSPS) is 26.2. The molecule has 0 spiro atoms. The molecule has 26 heavy (non-hydrogen) atoms. The van der Waals surface area contributed by atoms with Crippen LogP contribution < -0.4 is 0 Å². The van der Waals surface area contributed by atoms with Crippen molar-refractivity contribution in [1.29, 1.82) is 0 Å². The van der Waals surface area contributed by atoms with Crippen LogP contribution >= 0.6 is 15.9 Å². The third kappa shape index (κ3) is 2.77. The number of hydrogen-bond acceptors (Lipinski definition) is 2. The molecule has 0 bridgehead atoms. The third-order valence-electron chi connectivity index (χ3n) is 6.43. The molecule has 0 aromatic heterocycles. The second-order valence-corrected chi connectivity index (χ2v) is 8.41. The summed E-state index contributed by atoms with van der Waals surface area (Å²) in [5.74, 6) is 0.484. The molecule has 0 amide bonds. The van der Waals surface area contributed by atoms with E-state index in [1.54, 1.807) is 0 Å². The minimum Gasteiger partial charge on any atom is -0.394 e. The number of aliphatic hydroxyl groups is 1. The van der Waals surface area contributed by atoms with E-state index >= 15 is 0 Å². The largest absolute Gasteiger partial charge is 0.394 e. The first kappa shape index (κ1) is 18.0. The lowest BCUT2D eigenvalue weighted by molar-refractivity contribution is 0.0335. The number of fused-ring (bicyclic) bond motifs is 3. The van der Waals surface area contributed by atoms with Crippen LogP contribution in [0.1, 0.15) is 47.9 Å². The summed E-state index contributed by atoms with van der Waals surface area (Å²) >= 11 is 3.82. The van der Waals surface area contributed by atoms with Crippen LogP contribution in [0, 0.1) is 0 Å². The maximum atomic E-state index is 10.3. The fourth-order valence-electron chi connectivity index (χ4n) is 5.37. The van der Waals surface area contributed by atoms with E-state index in [9.17, 15) is 5.11 Å². The van der Waals surface area contributed by atoms with Crippen molar-refractivity contribution >= 4 is 15.9 Å². The molecule has 2 aromatic carbocycles. The van der Waals surface area contributed by atoms with Gasteiger partial charge >= 0.3 is 0 Å². The number of halogens is 1. The number of aliphatic hydroxyl groups excluding tert-OH is 1. The van der Waals surface area contributed by atoms with Gasteiger partial charge < -0.3 is 5.11 Å². The highest BCUT2D eigenvalue weighted by Crippen LogP contribution is 2.55. The smallest absolute Gasteiger partial charge is 0.0628 e. The molecule has 1 unspecified atom stereocenters. The van der Waals surface area contributed by atoms with E-state index < -0.39 is 0 Å². The van der Waals surface area contributed by atoms with Crippen molar-refractivity contribution in [3.05, 3.63) is 82.3 Å². The zero-order valence-electron chi connectivity index (χ0n) is 15.1. The van der Waals surface area contributed by atoms with Crippen molar-refractivity contribution in [2.45, 2.75) is 43.2 Å². The summed E-state index contributed by atoms with van der Waals surface area (Å²) < 4.78 is 1.23. The maximum absolute atomic E-state index is 10.3. The Morgan fingerprint density at radius 3 is 2.77 bits per heavy atom. The molecule has 2 aliphatic rings. The molecule has 136 valence electrons. The highest BCUT2D eigenvalue weighted by Gasteiger charge is 2.53. The molecule has 2 nitrogen and oxygen atoms in total. The minimum absolute atomic E-state index is 0.0435. The number of hydrogen-bond donors (Lipinski definition) is 1. The van der Waals surface area contributed by atoms with Gasteiger partial charge in [-0.3, -0.25) is 4.90 Å². The van der Waals surface area contributed by atoms with Crippen LogP contribution in [0.2, 0.25) is 0 Å². The molecule has 1 heterocycles. The summed E-state index contributed by atoms with van der Waals surface area (Å²) in [6.45, 7) is 5.24. The van der Waals surface area contributed by atoms with Gasteiger partial charge in [-0.2, -0.15) is 0 Å². The van der Waals surface area contributed by atoms with Crippen molar-refractivity contribution < 1.29 is 5.11 Å². The molecule has 2 aromatic rings. The van der Waals surface area contributed by atoms with Gasteiger partial charge in [0.2, 0.25) is 0 Å². The van der Waals surface area contributed by atoms with Crippen LogP contribution in [0.15, 0.2) is 65.7 Å². The molecule has 0 saturated carbocycles. The topological polar surface area (TPSA) is 23.5 Å². The van der Waals surface area contributed by atoms with Crippen LogP contribution in [0.3, 0.4) is 0 Å². The van der Waals surface area contributed by atoms with E-state index in [1.807, 2.05) is 6.07 Å². The highest BCUT2D eigenvalue weighted by molar-refractivity contribution is 9.10. The number of aryl methyl sites for hydroxylation is 1. The lowest BCUT2D eigenvalue weighted by atomic mass is 9.68. The summed E-state index contributed by atoms with van der Waals surface area (Å²) in [5.41, 5.74) is 4.21. The molecule has 0 radical (unpaired) electrons. The highest BCUT2D eigenvalue weighted by atomic mass is 79.9. The zero-order valence-corrected chi connectivity index (χ0v) is 16.7. The van der Waals surface area contributed by atoms with Gasteiger partial charge in [0.05, 0.1) is 12.6 Å². The van der Waals surface area contributed by atoms with Crippen molar-refractivity contribution in [3.8, 4) is 0 Å². The molecule has 1 N–H and O–H groups in total. The fourth-order valence-corrected chi connectivity index (χ4v) is 6.05. The Hall–Kier alpha value is -1.42. The molecule has 3 heteroatoms. The Morgan fingerprint density at radius 2 is 2.04 bits per heavy atom. The standard InChI is InChI=1S/C23H26BrNO/c1-2-13-23-14-11-18-9-6-10-20(24)22(18)19(23)12-15-25(23)21(16-26)17-7-4-3-5-8-17/h2-10,19,21,26H,1,11-16H2/t19-,21?,23+/m0/s1. The quantitative estimate of drug-likeness (QED) is 0.680. The number of likely N-dealkylation sites (tertiary alicyclic amines) is 1. The average molecular weight is 412 g/mol. The molecule has 1 fully saturated rings. The van der Waals surface area contributed by atoms with Gasteiger partial charge in [0.1, 0.15) is 0 Å². The SMILES string of the molecule is C=CC[C@@]12CCc3cccc(Br)c3[C@@H]1CCN2C(CO)c1ccccc1. The summed E-state index contributed by atoms with van der Waals surface area (Å²) in [4.78, 5) is 2.58. The maximum Gasteiger partial charge on any atom is 0.0628 e.